The molecule has 15 heteroatoms. The van der Waals surface area contributed by atoms with Gasteiger partial charge in [-0.25, -0.2) is 9.48 Å². The molecule has 2 amide bonds. The molecule has 4 atom stereocenters. The molecule has 2 aliphatic rings. The van der Waals surface area contributed by atoms with Crippen LogP contribution in [0.4, 0.5) is 4.79 Å². The highest BCUT2D eigenvalue weighted by Gasteiger charge is 2.42. The molecule has 13 nitrogen and oxygen atoms in total. The maximum absolute atomic E-state index is 12.5. The van der Waals surface area contributed by atoms with Gasteiger partial charge >= 0.3 is 18.0 Å². The predicted octanol–water partition coefficient (Wildman–Crippen LogP) is 3.60. The predicted molar refractivity (Wildman–Crippen MR) is 177 cm³/mol. The lowest BCUT2D eigenvalue weighted by Gasteiger charge is -2.27. The number of aryl methyl sites for hydroxylation is 1. The number of Topliss-reactive ketones (excluding diaryl/α,β-unsaturated/α-hetero) is 1. The summed E-state index contributed by atoms with van der Waals surface area (Å²) in [5.41, 5.74) is -0.697. The summed E-state index contributed by atoms with van der Waals surface area (Å²) in [6.45, 7) is 10.9. The number of carbonyl (C=O) groups excluding carboxylic acids is 4. The minimum atomic E-state index is -0.875. The molecule has 260 valence electrons. The average molecular weight is 733 g/mol. The van der Waals surface area contributed by atoms with Gasteiger partial charge in [0.25, 0.3) is 0 Å². The van der Waals surface area contributed by atoms with Crippen LogP contribution in [0.5, 0.6) is 0 Å². The Labute approximate surface area is 284 Å². The van der Waals surface area contributed by atoms with E-state index in [1.54, 1.807) is 39.3 Å². The Morgan fingerprint density at radius 1 is 1.04 bits per heavy atom. The molecule has 3 rings (SSSR count). The summed E-state index contributed by atoms with van der Waals surface area (Å²) >= 11 is 5.22. The molecular weight excluding hydrogens is 682 g/mol. The fraction of sp³-hybridized carbons (Fsp3) is 0.806. The van der Waals surface area contributed by atoms with E-state index in [1.807, 2.05) is 18.0 Å². The lowest BCUT2D eigenvalue weighted by atomic mass is 9.88. The number of ketones is 1. The number of nitrogens with zero attached hydrogens (tertiary/aromatic N) is 3. The van der Waals surface area contributed by atoms with E-state index in [0.29, 0.717) is 50.9 Å². The van der Waals surface area contributed by atoms with Gasteiger partial charge in [0.05, 0.1) is 56.2 Å². The topological polar surface area (TPSA) is 160 Å². The van der Waals surface area contributed by atoms with Crippen molar-refractivity contribution >= 4 is 51.4 Å². The van der Waals surface area contributed by atoms with Crippen molar-refractivity contribution in [3.8, 4) is 0 Å². The number of aromatic nitrogens is 3. The first-order valence-electron chi connectivity index (χ1n) is 16.0. The Morgan fingerprint density at radius 2 is 1.76 bits per heavy atom. The summed E-state index contributed by atoms with van der Waals surface area (Å²) in [6, 6.07) is 0.384. The molecule has 0 aliphatic carbocycles. The first-order valence-corrected chi connectivity index (χ1v) is 18.0. The van der Waals surface area contributed by atoms with Crippen LogP contribution in [0.25, 0.3) is 0 Å². The van der Waals surface area contributed by atoms with Crippen LogP contribution < -0.4 is 10.6 Å². The standard InChI is InChI=1S/C31H50BrN5O8S/c1-30(2,3)45-27(39)23(32)18-31(4,5)28(40)44-17-16-43-15-14-42-13-12-37-19-21(35-36-37)10-11-22(38)8-6-7-9-25-26-24(20-46-25)33-29(41)34-26/h19,23-26H,6-18,20H2,1-5H3,(H2,33,34,41). The maximum atomic E-state index is 12.5. The molecule has 0 aromatic carbocycles. The van der Waals surface area contributed by atoms with Crippen molar-refractivity contribution in [2.24, 2.45) is 5.41 Å². The van der Waals surface area contributed by atoms with Gasteiger partial charge in [-0.2, -0.15) is 11.8 Å². The largest absolute Gasteiger partial charge is 0.463 e. The first kappa shape index (κ1) is 38.2. The summed E-state index contributed by atoms with van der Waals surface area (Å²) in [7, 11) is 0. The van der Waals surface area contributed by atoms with Crippen molar-refractivity contribution in [1.82, 2.24) is 25.6 Å². The summed E-state index contributed by atoms with van der Waals surface area (Å²) in [6.07, 6.45) is 6.51. The van der Waals surface area contributed by atoms with Gasteiger partial charge in [-0.15, -0.1) is 5.10 Å². The Morgan fingerprint density at radius 3 is 2.50 bits per heavy atom. The molecule has 2 saturated heterocycles. The van der Waals surface area contributed by atoms with Crippen LogP contribution in [-0.2, 0) is 46.3 Å². The zero-order valence-corrected chi connectivity index (χ0v) is 30.1. The quantitative estimate of drug-likeness (QED) is 0.0823. The van der Waals surface area contributed by atoms with Crippen LogP contribution in [0, 0.1) is 5.41 Å². The SMILES string of the molecule is CC(C)(C)OC(=O)C(Br)CC(C)(C)C(=O)OCCOCCOCCn1cc(CCC(=O)CCCCC2SCC3NC(=O)NC32)nn1. The number of esters is 2. The van der Waals surface area contributed by atoms with Gasteiger partial charge < -0.3 is 29.6 Å². The number of urea groups is 1. The lowest BCUT2D eigenvalue weighted by Crippen LogP contribution is -2.36. The summed E-state index contributed by atoms with van der Waals surface area (Å²) < 4.78 is 23.5. The number of rotatable bonds is 21. The molecule has 0 spiro atoms. The number of nitrogens with one attached hydrogen (secondary N) is 2. The Kier molecular flexibility index (Phi) is 15.2. The molecule has 1 aromatic heterocycles. The number of unbranched alkanes of at least 4 members (excludes halogenated alkanes) is 1. The normalized spacial score (nSPS) is 20.1. The molecule has 0 radical (unpaired) electrons. The molecule has 0 bridgehead atoms. The minimum absolute atomic E-state index is 0.0660. The van der Waals surface area contributed by atoms with Crippen LogP contribution in [0.3, 0.4) is 0 Å². The van der Waals surface area contributed by atoms with Crippen LogP contribution in [0.2, 0.25) is 0 Å². The number of hydrogen-bond donors (Lipinski definition) is 2. The van der Waals surface area contributed by atoms with Crippen LogP contribution in [0.15, 0.2) is 6.20 Å². The molecule has 4 unspecified atom stereocenters. The third-order valence-corrected chi connectivity index (χ3v) is 9.79. The second-order valence-electron chi connectivity index (χ2n) is 13.3. The smallest absolute Gasteiger partial charge is 0.320 e. The van der Waals surface area contributed by atoms with E-state index >= 15 is 0 Å². The van der Waals surface area contributed by atoms with Crippen molar-refractivity contribution in [2.75, 3.05) is 38.8 Å². The summed E-state index contributed by atoms with van der Waals surface area (Å²) in [5.74, 6) is 0.358. The molecule has 1 aromatic rings. The van der Waals surface area contributed by atoms with E-state index in [9.17, 15) is 19.2 Å². The highest BCUT2D eigenvalue weighted by Crippen LogP contribution is 2.33. The fourth-order valence-electron chi connectivity index (χ4n) is 5.11. The zero-order valence-electron chi connectivity index (χ0n) is 27.7. The number of ether oxygens (including phenoxy) is 4. The second kappa shape index (κ2) is 18.3. The number of thioether (sulfide) groups is 1. The highest BCUT2D eigenvalue weighted by molar-refractivity contribution is 9.10. The van der Waals surface area contributed by atoms with E-state index in [4.69, 9.17) is 18.9 Å². The molecule has 2 N–H and O–H groups in total. The summed E-state index contributed by atoms with van der Waals surface area (Å²) in [5, 5.41) is 14.7. The summed E-state index contributed by atoms with van der Waals surface area (Å²) in [4.78, 5) is 48.0. The van der Waals surface area contributed by atoms with E-state index in [1.165, 1.54) is 0 Å². The third kappa shape index (κ3) is 13.5. The average Bonchev–Trinajstić information content (AvgIpc) is 3.68. The van der Waals surface area contributed by atoms with Gasteiger partial charge in [0.15, 0.2) is 0 Å². The molecule has 46 heavy (non-hydrogen) atoms. The Hall–Kier alpha value is -2.23. The van der Waals surface area contributed by atoms with Crippen LogP contribution >= 0.6 is 27.7 Å². The minimum Gasteiger partial charge on any atom is -0.463 e. The van der Waals surface area contributed by atoms with E-state index in [-0.39, 0.29) is 43.5 Å². The zero-order chi connectivity index (χ0) is 33.7. The van der Waals surface area contributed by atoms with Crippen LogP contribution in [-0.4, -0.2) is 105 Å². The molecule has 3 heterocycles. The van der Waals surface area contributed by atoms with Crippen molar-refractivity contribution < 1.29 is 38.1 Å². The Balaban J connectivity index is 1.16. The van der Waals surface area contributed by atoms with E-state index in [2.05, 4.69) is 36.9 Å². The maximum Gasteiger partial charge on any atom is 0.320 e. The Bertz CT molecular complexity index is 1160. The van der Waals surface area contributed by atoms with Gasteiger partial charge in [0.2, 0.25) is 0 Å². The molecule has 2 aliphatic heterocycles. The van der Waals surface area contributed by atoms with Crippen molar-refractivity contribution in [3.63, 3.8) is 0 Å². The number of hydrogen-bond acceptors (Lipinski definition) is 11. The number of halogens is 1. The van der Waals surface area contributed by atoms with Gasteiger partial charge in [-0.3, -0.25) is 14.4 Å². The van der Waals surface area contributed by atoms with Crippen LogP contribution in [0.1, 0.15) is 78.8 Å². The fourth-order valence-corrected chi connectivity index (χ4v) is 7.56. The third-order valence-electron chi connectivity index (χ3n) is 7.58. The van der Waals surface area contributed by atoms with Crippen molar-refractivity contribution in [1.29, 1.82) is 0 Å². The van der Waals surface area contributed by atoms with Gasteiger partial charge in [-0.1, -0.05) is 27.6 Å². The van der Waals surface area contributed by atoms with Gasteiger partial charge in [0, 0.05) is 30.0 Å². The molecular formula is C31H50BrN5O8S. The monoisotopic (exact) mass is 731 g/mol. The number of fused-ring (bicyclic) bond motifs is 1. The first-order chi connectivity index (χ1) is 21.7. The lowest BCUT2D eigenvalue weighted by molar-refractivity contribution is -0.158. The number of amides is 2. The molecule has 0 saturated carbocycles. The van der Waals surface area contributed by atoms with Crippen molar-refractivity contribution in [2.45, 2.75) is 114 Å². The highest BCUT2D eigenvalue weighted by atomic mass is 79.9. The van der Waals surface area contributed by atoms with Gasteiger partial charge in [0.1, 0.15) is 22.8 Å². The molecule has 2 fully saturated rings. The van der Waals surface area contributed by atoms with E-state index in [0.717, 1.165) is 30.7 Å². The van der Waals surface area contributed by atoms with Gasteiger partial charge in [-0.05, 0) is 60.3 Å². The number of carbonyl (C=O) groups is 4. The second-order valence-corrected chi connectivity index (χ2v) is 15.7. The van der Waals surface area contributed by atoms with Crippen molar-refractivity contribution in [3.05, 3.63) is 11.9 Å². The van der Waals surface area contributed by atoms with E-state index < -0.39 is 27.8 Å². The number of alkyl halides is 1.